The molecule has 3 aliphatic heterocycles. The highest BCUT2D eigenvalue weighted by molar-refractivity contribution is 6.31. The van der Waals surface area contributed by atoms with Crippen LogP contribution in [0.2, 0.25) is 15.1 Å². The Morgan fingerprint density at radius 1 is 0.374 bits per heavy atom. The van der Waals surface area contributed by atoms with Crippen molar-refractivity contribution in [2.24, 2.45) is 4.99 Å². The van der Waals surface area contributed by atoms with Gasteiger partial charge in [0.1, 0.15) is 35.0 Å². The monoisotopic (exact) mass is 1380 g/mol. The average Bonchev–Trinajstić information content (AvgIpc) is 1.43. The van der Waals surface area contributed by atoms with E-state index in [9.17, 15) is 28.8 Å². The van der Waals surface area contributed by atoms with Gasteiger partial charge in [0.05, 0.1) is 55.4 Å². The van der Waals surface area contributed by atoms with Crippen molar-refractivity contribution in [3.63, 3.8) is 0 Å². The minimum absolute atomic E-state index is 0.305. The second-order valence-corrected chi connectivity index (χ2v) is 25.1. The zero-order valence-electron chi connectivity index (χ0n) is 54.8. The number of piperidine rings is 1. The van der Waals surface area contributed by atoms with Crippen molar-refractivity contribution >= 4 is 122 Å². The van der Waals surface area contributed by atoms with Crippen LogP contribution in [0.15, 0.2) is 187 Å². The molecule has 24 heteroatoms. The average molecular weight is 1390 g/mol. The molecule has 6 heterocycles. The fraction of sp³-hybridized carbons (Fsp3) is 0.200. The van der Waals surface area contributed by atoms with Gasteiger partial charge in [-0.1, -0.05) is 106 Å². The quantitative estimate of drug-likeness (QED) is 0.0351. The van der Waals surface area contributed by atoms with Crippen molar-refractivity contribution in [2.75, 3.05) is 78.2 Å². The Morgan fingerprint density at radius 3 is 0.990 bits per heavy atom. The number of amidine groups is 3. The Hall–Kier alpha value is -11.1. The van der Waals surface area contributed by atoms with Gasteiger partial charge in [0.25, 0.3) is 35.4 Å². The molecular weight excluding hydrogens is 1310 g/mol. The van der Waals surface area contributed by atoms with Gasteiger partial charge in [0, 0.05) is 91.7 Å². The molecule has 2 saturated heterocycles. The Kier molecular flexibility index (Phi) is 23.7. The maximum absolute atomic E-state index is 12.9. The molecule has 3 aliphatic rings. The summed E-state index contributed by atoms with van der Waals surface area (Å²) in [5.74, 6) is 0.843. The number of aromatic nitrogens is 3. The van der Waals surface area contributed by atoms with Gasteiger partial charge in [-0.2, -0.15) is 0 Å². The van der Waals surface area contributed by atoms with Crippen molar-refractivity contribution in [1.82, 2.24) is 29.7 Å². The lowest BCUT2D eigenvalue weighted by molar-refractivity contribution is 0.101. The third kappa shape index (κ3) is 19.1. The predicted octanol–water partition coefficient (Wildman–Crippen LogP) is 14.6. The molecule has 6 aromatic carbocycles. The zero-order chi connectivity index (χ0) is 70.1. The third-order valence-corrected chi connectivity index (χ3v) is 17.0. The number of carbonyl (C=O) groups is 6. The summed E-state index contributed by atoms with van der Waals surface area (Å²) in [6.45, 7) is 10.9. The SMILES string of the molecule is Cc1ccc(NC(=O)c2ccc(C(=N)N3CCCC3)cc2)c(C(=O)Nc2ccc(Cl)cn2)c1.Cc1ccc(NC(=O)c2ccc(C(=N)N3CCCCC3)cc2)c(C(=O)Nc2ccc(Cl)cn2)c1.Cc1ccc(NC(=O)c2ccc(C3=NCCN3C)cc2)c(C(=O)Nc2ccc(Cl)cn2)c1. The largest absolute Gasteiger partial charge is 0.358 e. The number of halogens is 3. The van der Waals surface area contributed by atoms with Crippen LogP contribution in [0.5, 0.6) is 0 Å². The molecule has 0 bridgehead atoms. The molecule has 12 rings (SSSR count). The number of benzene rings is 6. The van der Waals surface area contributed by atoms with Gasteiger partial charge in [-0.15, -0.1) is 0 Å². The van der Waals surface area contributed by atoms with Gasteiger partial charge < -0.3 is 46.6 Å². The van der Waals surface area contributed by atoms with Crippen LogP contribution in [0, 0.1) is 31.6 Å². The van der Waals surface area contributed by atoms with E-state index in [1.165, 1.54) is 25.0 Å². The molecule has 6 amide bonds. The van der Waals surface area contributed by atoms with Crippen LogP contribution in [-0.4, -0.2) is 129 Å². The van der Waals surface area contributed by atoms with Crippen LogP contribution in [0.25, 0.3) is 0 Å². The number of anilines is 6. The summed E-state index contributed by atoms with van der Waals surface area (Å²) in [6, 6.07) is 46.7. The van der Waals surface area contributed by atoms with Gasteiger partial charge in [-0.3, -0.25) is 44.6 Å². The third-order valence-electron chi connectivity index (χ3n) is 16.3. The molecule has 2 fully saturated rings. The van der Waals surface area contributed by atoms with E-state index < -0.39 is 5.91 Å². The van der Waals surface area contributed by atoms with Crippen LogP contribution in [0.3, 0.4) is 0 Å². The second-order valence-electron chi connectivity index (χ2n) is 23.8. The van der Waals surface area contributed by atoms with Gasteiger partial charge in [-0.05, 0) is 162 Å². The second kappa shape index (κ2) is 33.2. The molecule has 504 valence electrons. The number of nitrogens with one attached hydrogen (secondary N) is 8. The van der Waals surface area contributed by atoms with E-state index in [-0.39, 0.29) is 29.5 Å². The first kappa shape index (κ1) is 70.7. The van der Waals surface area contributed by atoms with Crippen molar-refractivity contribution in [3.05, 3.63) is 264 Å². The lowest BCUT2D eigenvalue weighted by atomic mass is 10.1. The lowest BCUT2D eigenvalue weighted by Gasteiger charge is -2.29. The van der Waals surface area contributed by atoms with E-state index in [2.05, 4.69) is 61.6 Å². The first-order valence-electron chi connectivity index (χ1n) is 32.0. The van der Waals surface area contributed by atoms with E-state index >= 15 is 0 Å². The first-order valence-corrected chi connectivity index (χ1v) is 33.1. The number of nitrogens with zero attached hydrogens (tertiary/aromatic N) is 7. The summed E-state index contributed by atoms with van der Waals surface area (Å²) in [4.78, 5) is 100. The minimum atomic E-state index is -0.391. The number of hydrogen-bond donors (Lipinski definition) is 8. The Labute approximate surface area is 588 Å². The van der Waals surface area contributed by atoms with Crippen LogP contribution in [0.1, 0.15) is 128 Å². The van der Waals surface area contributed by atoms with Crippen molar-refractivity contribution < 1.29 is 28.8 Å². The number of hydrogen-bond acceptors (Lipinski definition) is 13. The molecule has 0 saturated carbocycles. The van der Waals surface area contributed by atoms with Gasteiger partial charge in [0.15, 0.2) is 0 Å². The van der Waals surface area contributed by atoms with Crippen LogP contribution >= 0.6 is 34.8 Å². The van der Waals surface area contributed by atoms with Gasteiger partial charge in [-0.25, -0.2) is 15.0 Å². The van der Waals surface area contributed by atoms with E-state index in [0.717, 1.165) is 104 Å². The summed E-state index contributed by atoms with van der Waals surface area (Å²) in [6.07, 6.45) is 9.96. The summed E-state index contributed by atoms with van der Waals surface area (Å²) in [5.41, 5.74) is 8.75. The summed E-state index contributed by atoms with van der Waals surface area (Å²) < 4.78 is 0. The van der Waals surface area contributed by atoms with Crippen LogP contribution in [-0.2, 0) is 0 Å². The summed E-state index contributed by atoms with van der Waals surface area (Å²) in [5, 5.41) is 34.9. The number of aryl methyl sites for hydroxylation is 3. The Morgan fingerprint density at radius 2 is 0.687 bits per heavy atom. The number of carbonyl (C=O) groups excluding carboxylic acids is 6. The van der Waals surface area contributed by atoms with Crippen molar-refractivity contribution in [1.29, 1.82) is 10.8 Å². The highest BCUT2D eigenvalue weighted by atomic mass is 35.5. The molecule has 0 spiro atoms. The molecule has 21 nitrogen and oxygen atoms in total. The first-order chi connectivity index (χ1) is 47.7. The minimum Gasteiger partial charge on any atom is -0.358 e. The van der Waals surface area contributed by atoms with E-state index in [0.29, 0.717) is 94.6 Å². The highest BCUT2D eigenvalue weighted by Gasteiger charge is 2.23. The maximum atomic E-state index is 12.9. The number of rotatable bonds is 15. The lowest BCUT2D eigenvalue weighted by Crippen LogP contribution is -2.35. The molecular formula is C75H72Cl3N15O6. The zero-order valence-corrected chi connectivity index (χ0v) is 57.1. The normalized spacial score (nSPS) is 13.1. The number of amides is 6. The smallest absolute Gasteiger partial charge is 0.258 e. The molecule has 0 unspecified atom stereocenters. The van der Waals surface area contributed by atoms with Gasteiger partial charge in [0.2, 0.25) is 0 Å². The number of likely N-dealkylation sites (N-methyl/N-ethyl adjacent to an activating group) is 1. The number of likely N-dealkylation sites (tertiary alicyclic amines) is 2. The molecule has 9 aromatic rings. The number of aliphatic imine (C=N–C) groups is 1. The summed E-state index contributed by atoms with van der Waals surface area (Å²) >= 11 is 17.6. The van der Waals surface area contributed by atoms with Crippen LogP contribution in [0.4, 0.5) is 34.5 Å². The van der Waals surface area contributed by atoms with E-state index in [4.69, 9.17) is 45.6 Å². The standard InChI is InChI=1S/C26H26ClN5O2.C25H24ClN5O2.C24H22ClN5O2/c1-17-5-11-22(21(15-17)26(34)31-23-12-10-20(27)16-29-23)30-25(33)19-8-6-18(7-9-19)24(28)32-13-3-2-4-14-32;1-16-4-10-21(20(14-16)25(33)30-22-11-9-19(26)15-28-22)29-24(32)18-7-5-17(6-8-18)23(27)31-12-2-3-13-31;1-15-3-9-20(19(13-15)24(32)29-21-10-8-18(25)14-27-21)28-23(31)17-6-4-16(5-7-17)22-26-11-12-30(22)2/h5-12,15-16,28H,2-4,13-14H2,1H3,(H,30,33)(H,29,31,34);4-11,14-15,27H,2-3,12-13H2,1H3,(H,29,32)(H,28,30,33);3-10,13-14H,11-12H2,1-2H3,(H,28,31)(H,27,29,32). The molecule has 0 aliphatic carbocycles. The number of pyridine rings is 3. The van der Waals surface area contributed by atoms with Crippen LogP contribution < -0.4 is 31.9 Å². The fourth-order valence-electron chi connectivity index (χ4n) is 10.9. The summed E-state index contributed by atoms with van der Waals surface area (Å²) in [7, 11) is 2.00. The molecule has 0 atom stereocenters. The van der Waals surface area contributed by atoms with E-state index in [1.807, 2.05) is 63.1 Å². The Bertz CT molecular complexity index is 4490. The van der Waals surface area contributed by atoms with E-state index in [1.54, 1.807) is 133 Å². The predicted molar refractivity (Wildman–Crippen MR) is 392 cm³/mol. The molecule has 99 heavy (non-hydrogen) atoms. The molecule has 8 N–H and O–H groups in total. The molecule has 0 radical (unpaired) electrons. The fourth-order valence-corrected chi connectivity index (χ4v) is 11.3. The Balaban J connectivity index is 0.000000161. The topological polar surface area (TPSA) is 283 Å². The van der Waals surface area contributed by atoms with Gasteiger partial charge >= 0.3 is 0 Å². The maximum Gasteiger partial charge on any atom is 0.258 e. The van der Waals surface area contributed by atoms with Crippen molar-refractivity contribution in [3.8, 4) is 0 Å². The molecule has 3 aromatic heterocycles. The van der Waals surface area contributed by atoms with Crippen molar-refractivity contribution in [2.45, 2.75) is 52.9 Å². The highest BCUT2D eigenvalue weighted by Crippen LogP contribution is 2.26.